The zero-order valence-electron chi connectivity index (χ0n) is 8.52. The van der Waals surface area contributed by atoms with Crippen LogP contribution < -0.4 is 9.88 Å². The number of halogens is 1. The second kappa shape index (κ2) is 4.03. The van der Waals surface area contributed by atoms with Gasteiger partial charge in [-0.05, 0) is 37.0 Å². The van der Waals surface area contributed by atoms with Crippen molar-refractivity contribution in [2.45, 2.75) is 17.7 Å². The summed E-state index contributed by atoms with van der Waals surface area (Å²) in [5.74, 6) is -0.121. The molecular formula is C10H12FNO3S. The van der Waals surface area contributed by atoms with Gasteiger partial charge in [0.1, 0.15) is 0 Å². The molecule has 88 valence electrons. The second-order valence-electron chi connectivity index (χ2n) is 3.89. The van der Waals surface area contributed by atoms with Gasteiger partial charge in [-0.15, -0.1) is 0 Å². The summed E-state index contributed by atoms with van der Waals surface area (Å²) >= 11 is 0. The van der Waals surface area contributed by atoms with E-state index in [-0.39, 0.29) is 10.6 Å². The summed E-state index contributed by atoms with van der Waals surface area (Å²) in [7, 11) is -3.86. The first kappa shape index (κ1) is 11.3. The molecule has 0 bridgehead atoms. The average Bonchev–Trinajstić information content (AvgIpc) is 2.98. The van der Waals surface area contributed by atoms with Gasteiger partial charge >= 0.3 is 0 Å². The summed E-state index contributed by atoms with van der Waals surface area (Å²) < 4.78 is 40.5. The maximum absolute atomic E-state index is 13.4. The Morgan fingerprint density at radius 3 is 2.62 bits per heavy atom. The van der Waals surface area contributed by atoms with Crippen LogP contribution >= 0.6 is 0 Å². The molecule has 0 atom stereocenters. The highest BCUT2D eigenvalue weighted by atomic mass is 32.2. The summed E-state index contributed by atoms with van der Waals surface area (Å²) in [5.41, 5.74) is 0. The zero-order chi connectivity index (χ0) is 11.8. The summed E-state index contributed by atoms with van der Waals surface area (Å²) in [6.45, 7) is 0.478. The molecular weight excluding hydrogens is 233 g/mol. The van der Waals surface area contributed by atoms with E-state index >= 15 is 0 Å². The fraction of sp³-hybridized carbons (Fsp3) is 0.400. The van der Waals surface area contributed by atoms with E-state index in [0.717, 1.165) is 18.9 Å². The molecule has 0 radical (unpaired) electrons. The normalized spacial score (nSPS) is 16.1. The van der Waals surface area contributed by atoms with Crippen molar-refractivity contribution in [3.8, 4) is 5.75 Å². The molecule has 1 aromatic carbocycles. The maximum Gasteiger partial charge on any atom is 0.238 e. The van der Waals surface area contributed by atoms with Crippen LogP contribution in [0.4, 0.5) is 4.39 Å². The van der Waals surface area contributed by atoms with Crippen molar-refractivity contribution in [3.05, 3.63) is 24.0 Å². The van der Waals surface area contributed by atoms with Crippen molar-refractivity contribution >= 4 is 10.0 Å². The SMILES string of the molecule is NS(=O)(=O)c1ccc(OCC2CC2)c(F)c1. The molecule has 0 saturated heterocycles. The predicted molar refractivity (Wildman–Crippen MR) is 56.0 cm³/mol. The predicted octanol–water partition coefficient (Wildman–Crippen LogP) is 1.26. The highest BCUT2D eigenvalue weighted by Gasteiger charge is 2.22. The highest BCUT2D eigenvalue weighted by Crippen LogP contribution is 2.30. The van der Waals surface area contributed by atoms with Gasteiger partial charge in [-0.2, -0.15) is 0 Å². The molecule has 0 aliphatic heterocycles. The number of benzene rings is 1. The van der Waals surface area contributed by atoms with E-state index in [9.17, 15) is 12.8 Å². The van der Waals surface area contributed by atoms with E-state index in [0.29, 0.717) is 12.5 Å². The monoisotopic (exact) mass is 245 g/mol. The van der Waals surface area contributed by atoms with Crippen molar-refractivity contribution in [3.63, 3.8) is 0 Å². The molecule has 0 heterocycles. The largest absolute Gasteiger partial charge is 0.490 e. The van der Waals surface area contributed by atoms with Gasteiger partial charge in [-0.25, -0.2) is 17.9 Å². The Morgan fingerprint density at radius 1 is 1.44 bits per heavy atom. The Kier molecular flexibility index (Phi) is 2.86. The first-order chi connectivity index (χ1) is 7.47. The molecule has 2 rings (SSSR count). The average molecular weight is 245 g/mol. The molecule has 16 heavy (non-hydrogen) atoms. The molecule has 1 aliphatic rings. The minimum Gasteiger partial charge on any atom is -0.490 e. The van der Waals surface area contributed by atoms with Gasteiger partial charge in [0.2, 0.25) is 10.0 Å². The van der Waals surface area contributed by atoms with Crippen LogP contribution in [0.5, 0.6) is 5.75 Å². The minimum absolute atomic E-state index is 0.0688. The number of rotatable bonds is 4. The Balaban J connectivity index is 2.15. The first-order valence-electron chi connectivity index (χ1n) is 4.92. The van der Waals surface area contributed by atoms with E-state index < -0.39 is 15.8 Å². The standard InChI is InChI=1S/C10H12FNO3S/c11-9-5-8(16(12,13)14)3-4-10(9)15-6-7-1-2-7/h3-5,7H,1-2,6H2,(H2,12,13,14). The van der Waals surface area contributed by atoms with Crippen molar-refractivity contribution in [2.24, 2.45) is 11.1 Å². The lowest BCUT2D eigenvalue weighted by atomic mass is 10.3. The number of ether oxygens (including phenoxy) is 1. The molecule has 1 saturated carbocycles. The van der Waals surface area contributed by atoms with E-state index in [1.165, 1.54) is 12.1 Å². The summed E-state index contributed by atoms with van der Waals surface area (Å²) in [6.07, 6.45) is 2.22. The van der Waals surface area contributed by atoms with Gasteiger partial charge in [0, 0.05) is 0 Å². The molecule has 4 nitrogen and oxygen atoms in total. The van der Waals surface area contributed by atoms with Crippen LogP contribution in [-0.4, -0.2) is 15.0 Å². The van der Waals surface area contributed by atoms with Gasteiger partial charge in [-0.1, -0.05) is 0 Å². The molecule has 1 aliphatic carbocycles. The molecule has 0 aromatic heterocycles. The molecule has 6 heteroatoms. The lowest BCUT2D eigenvalue weighted by Gasteiger charge is -2.07. The first-order valence-corrected chi connectivity index (χ1v) is 6.46. The maximum atomic E-state index is 13.4. The van der Waals surface area contributed by atoms with Gasteiger partial charge in [0.15, 0.2) is 11.6 Å². The van der Waals surface area contributed by atoms with Crippen LogP contribution in [0.15, 0.2) is 23.1 Å². The van der Waals surface area contributed by atoms with E-state index in [4.69, 9.17) is 9.88 Å². The van der Waals surface area contributed by atoms with Crippen LogP contribution in [0.25, 0.3) is 0 Å². The Morgan fingerprint density at radius 2 is 2.12 bits per heavy atom. The fourth-order valence-electron chi connectivity index (χ4n) is 1.27. The lowest BCUT2D eigenvalue weighted by molar-refractivity contribution is 0.285. The minimum atomic E-state index is -3.86. The molecule has 0 spiro atoms. The van der Waals surface area contributed by atoms with Crippen LogP contribution in [0.1, 0.15) is 12.8 Å². The third kappa shape index (κ3) is 2.70. The molecule has 0 amide bonds. The van der Waals surface area contributed by atoms with Crippen LogP contribution in [-0.2, 0) is 10.0 Å². The van der Waals surface area contributed by atoms with Gasteiger partial charge in [0.05, 0.1) is 11.5 Å². The number of primary sulfonamides is 1. The third-order valence-corrected chi connectivity index (χ3v) is 3.31. The Hall–Kier alpha value is -1.14. The van der Waals surface area contributed by atoms with Crippen molar-refractivity contribution in [1.82, 2.24) is 0 Å². The summed E-state index contributed by atoms with van der Waals surface area (Å²) in [5, 5.41) is 4.87. The second-order valence-corrected chi connectivity index (χ2v) is 5.45. The lowest BCUT2D eigenvalue weighted by Crippen LogP contribution is -2.12. The van der Waals surface area contributed by atoms with E-state index in [1.54, 1.807) is 0 Å². The van der Waals surface area contributed by atoms with Crippen LogP contribution in [0.3, 0.4) is 0 Å². The van der Waals surface area contributed by atoms with Gasteiger partial charge in [0.25, 0.3) is 0 Å². The molecule has 1 aromatic rings. The van der Waals surface area contributed by atoms with Crippen molar-refractivity contribution < 1.29 is 17.5 Å². The molecule has 0 unspecified atom stereocenters. The number of nitrogens with two attached hydrogens (primary N) is 1. The third-order valence-electron chi connectivity index (χ3n) is 2.40. The summed E-state index contributed by atoms with van der Waals surface area (Å²) in [4.78, 5) is -0.247. The van der Waals surface area contributed by atoms with Gasteiger partial charge < -0.3 is 4.74 Å². The zero-order valence-corrected chi connectivity index (χ0v) is 9.34. The fourth-order valence-corrected chi connectivity index (χ4v) is 1.79. The molecule has 2 N–H and O–H groups in total. The Labute approximate surface area is 93.3 Å². The smallest absolute Gasteiger partial charge is 0.238 e. The van der Waals surface area contributed by atoms with Crippen molar-refractivity contribution in [1.29, 1.82) is 0 Å². The number of hydrogen-bond donors (Lipinski definition) is 1. The van der Waals surface area contributed by atoms with Gasteiger partial charge in [-0.3, -0.25) is 0 Å². The summed E-state index contributed by atoms with van der Waals surface area (Å²) in [6, 6.07) is 3.40. The molecule has 1 fully saturated rings. The van der Waals surface area contributed by atoms with Crippen molar-refractivity contribution in [2.75, 3.05) is 6.61 Å². The van der Waals surface area contributed by atoms with Crippen LogP contribution in [0, 0.1) is 11.7 Å². The highest BCUT2D eigenvalue weighted by molar-refractivity contribution is 7.89. The topological polar surface area (TPSA) is 69.4 Å². The number of hydrogen-bond acceptors (Lipinski definition) is 3. The quantitative estimate of drug-likeness (QED) is 0.868. The van der Waals surface area contributed by atoms with E-state index in [2.05, 4.69) is 0 Å². The number of sulfonamides is 1. The van der Waals surface area contributed by atoms with Crippen LogP contribution in [0.2, 0.25) is 0 Å². The Bertz CT molecular complexity index is 497. The van der Waals surface area contributed by atoms with E-state index in [1.807, 2.05) is 0 Å².